The van der Waals surface area contributed by atoms with Gasteiger partial charge in [-0.15, -0.1) is 0 Å². The summed E-state index contributed by atoms with van der Waals surface area (Å²) in [6.45, 7) is 3.90. The van der Waals surface area contributed by atoms with E-state index in [-0.39, 0.29) is 6.04 Å². The van der Waals surface area contributed by atoms with Crippen LogP contribution in [-0.2, 0) is 0 Å². The third-order valence-corrected chi connectivity index (χ3v) is 2.77. The van der Waals surface area contributed by atoms with E-state index in [4.69, 9.17) is 4.52 Å². The van der Waals surface area contributed by atoms with E-state index < -0.39 is 0 Å². The fourth-order valence-electron chi connectivity index (χ4n) is 2.01. The summed E-state index contributed by atoms with van der Waals surface area (Å²) in [5.41, 5.74) is 0. The molecule has 4 heteroatoms. The van der Waals surface area contributed by atoms with Crippen LogP contribution >= 0.6 is 0 Å². The summed E-state index contributed by atoms with van der Waals surface area (Å²) in [4.78, 5) is 4.21. The van der Waals surface area contributed by atoms with Crippen LogP contribution in [0.15, 0.2) is 4.52 Å². The Labute approximate surface area is 84.1 Å². The molecule has 14 heavy (non-hydrogen) atoms. The second kappa shape index (κ2) is 4.09. The lowest BCUT2D eigenvalue weighted by atomic mass is 10.2. The molecule has 1 aliphatic rings. The highest BCUT2D eigenvalue weighted by Crippen LogP contribution is 2.20. The quantitative estimate of drug-likeness (QED) is 0.801. The molecule has 0 spiro atoms. The van der Waals surface area contributed by atoms with Crippen molar-refractivity contribution in [3.63, 3.8) is 0 Å². The second-order valence-corrected chi connectivity index (χ2v) is 4.04. The predicted molar refractivity (Wildman–Crippen MR) is 52.8 cm³/mol. The SMILES string of the molecule is Cc1nc(C(C)NC2CCCC2)no1. The van der Waals surface area contributed by atoms with Crippen molar-refractivity contribution >= 4 is 0 Å². The summed E-state index contributed by atoms with van der Waals surface area (Å²) >= 11 is 0. The zero-order valence-electron chi connectivity index (χ0n) is 8.79. The minimum Gasteiger partial charge on any atom is -0.340 e. The zero-order valence-corrected chi connectivity index (χ0v) is 8.79. The lowest BCUT2D eigenvalue weighted by Gasteiger charge is -2.15. The smallest absolute Gasteiger partial charge is 0.223 e. The molecule has 1 unspecified atom stereocenters. The van der Waals surface area contributed by atoms with Gasteiger partial charge in [0, 0.05) is 13.0 Å². The highest BCUT2D eigenvalue weighted by molar-refractivity contribution is 4.92. The van der Waals surface area contributed by atoms with Gasteiger partial charge in [0.15, 0.2) is 5.82 Å². The van der Waals surface area contributed by atoms with Crippen LogP contribution in [0.3, 0.4) is 0 Å². The normalized spacial score (nSPS) is 20.1. The van der Waals surface area contributed by atoms with Crippen LogP contribution in [0.5, 0.6) is 0 Å². The molecule has 1 fully saturated rings. The summed E-state index contributed by atoms with van der Waals surface area (Å²) in [6, 6.07) is 0.847. The summed E-state index contributed by atoms with van der Waals surface area (Å²) in [5, 5.41) is 7.43. The standard InChI is InChI=1S/C10H17N3O/c1-7(10-12-8(2)14-13-10)11-9-5-3-4-6-9/h7,9,11H,3-6H2,1-2H3. The molecule has 1 aliphatic carbocycles. The van der Waals surface area contributed by atoms with Crippen LogP contribution in [0, 0.1) is 6.92 Å². The van der Waals surface area contributed by atoms with Gasteiger partial charge in [0.2, 0.25) is 5.89 Å². The molecule has 0 aliphatic heterocycles. The summed E-state index contributed by atoms with van der Waals surface area (Å²) < 4.78 is 4.95. The first-order chi connectivity index (χ1) is 6.75. The Morgan fingerprint density at radius 1 is 1.43 bits per heavy atom. The van der Waals surface area contributed by atoms with Gasteiger partial charge in [-0.3, -0.25) is 0 Å². The van der Waals surface area contributed by atoms with Gasteiger partial charge in [-0.05, 0) is 19.8 Å². The monoisotopic (exact) mass is 195 g/mol. The van der Waals surface area contributed by atoms with Crippen molar-refractivity contribution in [3.8, 4) is 0 Å². The van der Waals surface area contributed by atoms with Crippen molar-refractivity contribution in [3.05, 3.63) is 11.7 Å². The molecule has 2 rings (SSSR count). The number of hydrogen-bond acceptors (Lipinski definition) is 4. The highest BCUT2D eigenvalue weighted by Gasteiger charge is 2.19. The Hall–Kier alpha value is -0.900. The van der Waals surface area contributed by atoms with Crippen LogP contribution < -0.4 is 5.32 Å². The molecule has 1 aromatic rings. The van der Waals surface area contributed by atoms with Gasteiger partial charge in [-0.25, -0.2) is 0 Å². The highest BCUT2D eigenvalue weighted by atomic mass is 16.5. The van der Waals surface area contributed by atoms with Gasteiger partial charge in [0.1, 0.15) is 0 Å². The number of rotatable bonds is 3. The van der Waals surface area contributed by atoms with E-state index in [0.29, 0.717) is 11.9 Å². The van der Waals surface area contributed by atoms with Crippen molar-refractivity contribution in [2.75, 3.05) is 0 Å². The maximum Gasteiger partial charge on any atom is 0.223 e. The van der Waals surface area contributed by atoms with Crippen molar-refractivity contribution in [1.29, 1.82) is 0 Å². The molecule has 0 aromatic carbocycles. The number of hydrogen-bond donors (Lipinski definition) is 1. The van der Waals surface area contributed by atoms with E-state index in [9.17, 15) is 0 Å². The third-order valence-electron chi connectivity index (χ3n) is 2.77. The molecule has 4 nitrogen and oxygen atoms in total. The van der Waals surface area contributed by atoms with Crippen molar-refractivity contribution in [2.24, 2.45) is 0 Å². The molecular formula is C10H17N3O. The molecule has 1 aromatic heterocycles. The molecule has 0 radical (unpaired) electrons. The Morgan fingerprint density at radius 2 is 2.14 bits per heavy atom. The zero-order chi connectivity index (χ0) is 9.97. The van der Waals surface area contributed by atoms with Gasteiger partial charge in [-0.1, -0.05) is 18.0 Å². The van der Waals surface area contributed by atoms with Crippen LogP contribution in [0.25, 0.3) is 0 Å². The molecule has 0 amide bonds. The topological polar surface area (TPSA) is 51.0 Å². The van der Waals surface area contributed by atoms with Crippen LogP contribution in [-0.4, -0.2) is 16.2 Å². The molecule has 1 N–H and O–H groups in total. The maximum absolute atomic E-state index is 4.95. The maximum atomic E-state index is 4.95. The van der Waals surface area contributed by atoms with E-state index in [1.54, 1.807) is 0 Å². The summed E-state index contributed by atoms with van der Waals surface area (Å²) in [7, 11) is 0. The predicted octanol–water partition coefficient (Wildman–Crippen LogP) is 1.97. The fourth-order valence-corrected chi connectivity index (χ4v) is 2.01. The van der Waals surface area contributed by atoms with Crippen LogP contribution in [0.2, 0.25) is 0 Å². The number of aromatic nitrogens is 2. The van der Waals surface area contributed by atoms with E-state index >= 15 is 0 Å². The summed E-state index contributed by atoms with van der Waals surface area (Å²) in [6.07, 6.45) is 5.24. The third kappa shape index (κ3) is 2.12. The Bertz CT molecular complexity index is 291. The number of nitrogens with zero attached hydrogens (tertiary/aromatic N) is 2. The molecule has 0 saturated heterocycles. The van der Waals surface area contributed by atoms with Crippen molar-refractivity contribution in [1.82, 2.24) is 15.5 Å². The van der Waals surface area contributed by atoms with Gasteiger partial charge in [-0.2, -0.15) is 4.98 Å². The molecular weight excluding hydrogens is 178 g/mol. The Morgan fingerprint density at radius 3 is 2.71 bits per heavy atom. The van der Waals surface area contributed by atoms with Crippen LogP contribution in [0.4, 0.5) is 0 Å². The average Bonchev–Trinajstić information content (AvgIpc) is 2.75. The number of aryl methyl sites for hydroxylation is 1. The van der Waals surface area contributed by atoms with Crippen LogP contribution in [0.1, 0.15) is 50.4 Å². The fraction of sp³-hybridized carbons (Fsp3) is 0.800. The van der Waals surface area contributed by atoms with Gasteiger partial charge in [0.05, 0.1) is 6.04 Å². The molecule has 1 atom stereocenters. The molecule has 0 bridgehead atoms. The molecule has 1 saturated carbocycles. The lowest BCUT2D eigenvalue weighted by Crippen LogP contribution is -2.29. The largest absolute Gasteiger partial charge is 0.340 e. The van der Waals surface area contributed by atoms with Crippen molar-refractivity contribution in [2.45, 2.75) is 51.6 Å². The van der Waals surface area contributed by atoms with Gasteiger partial charge < -0.3 is 9.84 Å². The first-order valence-electron chi connectivity index (χ1n) is 5.32. The first-order valence-corrected chi connectivity index (χ1v) is 5.32. The molecule has 78 valence electrons. The minimum atomic E-state index is 0.204. The van der Waals surface area contributed by atoms with E-state index in [0.717, 1.165) is 5.82 Å². The Balaban J connectivity index is 1.91. The first kappa shape index (κ1) is 9.65. The van der Waals surface area contributed by atoms with Crippen molar-refractivity contribution < 1.29 is 4.52 Å². The van der Waals surface area contributed by atoms with E-state index in [1.807, 2.05) is 6.92 Å². The van der Waals surface area contributed by atoms with Gasteiger partial charge >= 0.3 is 0 Å². The van der Waals surface area contributed by atoms with Gasteiger partial charge in [0.25, 0.3) is 0 Å². The Kier molecular flexibility index (Phi) is 2.82. The minimum absolute atomic E-state index is 0.204. The molecule has 1 heterocycles. The average molecular weight is 195 g/mol. The van der Waals surface area contributed by atoms with E-state index in [2.05, 4.69) is 22.4 Å². The number of nitrogens with one attached hydrogen (secondary N) is 1. The summed E-state index contributed by atoms with van der Waals surface area (Å²) in [5.74, 6) is 1.41. The second-order valence-electron chi connectivity index (χ2n) is 4.04. The lowest BCUT2D eigenvalue weighted by molar-refractivity contribution is 0.372. The van der Waals surface area contributed by atoms with E-state index in [1.165, 1.54) is 25.7 Å².